The molecule has 5 heteroatoms. The fourth-order valence-corrected chi connectivity index (χ4v) is 2.83. The highest BCUT2D eigenvalue weighted by Gasteiger charge is 2.22. The maximum atomic E-state index is 13.1. The molecule has 0 aliphatic rings. The van der Waals surface area contributed by atoms with Crippen molar-refractivity contribution in [3.05, 3.63) is 71.7 Å². The van der Waals surface area contributed by atoms with Crippen LogP contribution in [-0.4, -0.2) is 29.9 Å². The molecule has 0 aliphatic carbocycles. The number of carbonyl (C=O) groups excluding carboxylic acids is 1. The van der Waals surface area contributed by atoms with Crippen LogP contribution in [0.25, 0.3) is 10.9 Å². The molecule has 0 saturated heterocycles. The first-order valence-electron chi connectivity index (χ1n) is 7.80. The number of aromatic amines is 1. The Morgan fingerprint density at radius 2 is 1.92 bits per heavy atom. The standard InChI is InChI=1S/C19H20FN3O/c1-23(2)18(14-4-6-16(20)7-5-14)19(24)22-12-13-3-8-17-15(11-13)9-10-21-17/h3-11,18,21H,12H2,1-2H3,(H,22,24). The Hall–Kier alpha value is -2.66. The normalized spacial score (nSPS) is 12.5. The lowest BCUT2D eigenvalue weighted by molar-refractivity contribution is -0.125. The summed E-state index contributed by atoms with van der Waals surface area (Å²) in [6, 6.07) is 13.6. The lowest BCUT2D eigenvalue weighted by Gasteiger charge is -2.24. The van der Waals surface area contributed by atoms with Crippen LogP contribution in [0.15, 0.2) is 54.7 Å². The van der Waals surface area contributed by atoms with Gasteiger partial charge in [0, 0.05) is 18.3 Å². The largest absolute Gasteiger partial charge is 0.361 e. The first-order chi connectivity index (χ1) is 11.5. The monoisotopic (exact) mass is 325 g/mol. The number of H-pyrrole nitrogens is 1. The second kappa shape index (κ2) is 6.84. The van der Waals surface area contributed by atoms with E-state index in [0.29, 0.717) is 6.54 Å². The molecular formula is C19H20FN3O. The summed E-state index contributed by atoms with van der Waals surface area (Å²) in [7, 11) is 3.67. The van der Waals surface area contributed by atoms with Gasteiger partial charge in [0.1, 0.15) is 11.9 Å². The van der Waals surface area contributed by atoms with Crippen LogP contribution in [-0.2, 0) is 11.3 Å². The van der Waals surface area contributed by atoms with E-state index in [4.69, 9.17) is 0 Å². The molecule has 0 spiro atoms. The Bertz CT molecular complexity index is 839. The van der Waals surface area contributed by atoms with Crippen molar-refractivity contribution in [2.75, 3.05) is 14.1 Å². The van der Waals surface area contributed by atoms with Crippen LogP contribution < -0.4 is 5.32 Å². The maximum absolute atomic E-state index is 13.1. The van der Waals surface area contributed by atoms with E-state index in [1.54, 1.807) is 12.1 Å². The van der Waals surface area contributed by atoms with Crippen molar-refractivity contribution in [2.24, 2.45) is 0 Å². The van der Waals surface area contributed by atoms with E-state index >= 15 is 0 Å². The average molecular weight is 325 g/mol. The van der Waals surface area contributed by atoms with Gasteiger partial charge in [-0.2, -0.15) is 0 Å². The van der Waals surface area contributed by atoms with Gasteiger partial charge in [-0.3, -0.25) is 9.69 Å². The third-order valence-corrected chi connectivity index (χ3v) is 4.03. The summed E-state index contributed by atoms with van der Waals surface area (Å²) in [5, 5.41) is 4.08. The highest BCUT2D eigenvalue weighted by atomic mass is 19.1. The summed E-state index contributed by atoms with van der Waals surface area (Å²) < 4.78 is 13.1. The predicted molar refractivity (Wildman–Crippen MR) is 93.0 cm³/mol. The number of nitrogens with one attached hydrogen (secondary N) is 2. The van der Waals surface area contributed by atoms with Gasteiger partial charge in [0.05, 0.1) is 0 Å². The molecule has 1 unspecified atom stereocenters. The molecule has 1 atom stereocenters. The summed E-state index contributed by atoms with van der Waals surface area (Å²) in [5.74, 6) is -0.419. The molecule has 0 saturated carbocycles. The Kier molecular flexibility index (Phi) is 4.62. The SMILES string of the molecule is CN(C)C(C(=O)NCc1ccc2[nH]ccc2c1)c1ccc(F)cc1. The van der Waals surface area contributed by atoms with Crippen molar-refractivity contribution in [1.29, 1.82) is 0 Å². The number of likely N-dealkylation sites (N-methyl/N-ethyl adjacent to an activating group) is 1. The fourth-order valence-electron chi connectivity index (χ4n) is 2.83. The minimum atomic E-state index is -0.457. The topological polar surface area (TPSA) is 48.1 Å². The molecule has 24 heavy (non-hydrogen) atoms. The van der Waals surface area contributed by atoms with E-state index in [0.717, 1.165) is 22.0 Å². The number of benzene rings is 2. The van der Waals surface area contributed by atoms with E-state index in [1.165, 1.54) is 12.1 Å². The van der Waals surface area contributed by atoms with Crippen LogP contribution in [0.4, 0.5) is 4.39 Å². The number of halogens is 1. The van der Waals surface area contributed by atoms with E-state index < -0.39 is 6.04 Å². The van der Waals surface area contributed by atoms with Gasteiger partial charge in [-0.1, -0.05) is 18.2 Å². The number of carbonyl (C=O) groups is 1. The fraction of sp³-hybridized carbons (Fsp3) is 0.211. The Morgan fingerprint density at radius 3 is 2.62 bits per heavy atom. The van der Waals surface area contributed by atoms with Gasteiger partial charge in [-0.05, 0) is 60.9 Å². The quantitative estimate of drug-likeness (QED) is 0.757. The number of rotatable bonds is 5. The van der Waals surface area contributed by atoms with Gasteiger partial charge < -0.3 is 10.3 Å². The Morgan fingerprint density at radius 1 is 1.17 bits per heavy atom. The molecule has 1 heterocycles. The first-order valence-corrected chi connectivity index (χ1v) is 7.80. The van der Waals surface area contributed by atoms with Crippen molar-refractivity contribution < 1.29 is 9.18 Å². The molecule has 3 rings (SSSR count). The van der Waals surface area contributed by atoms with Crippen molar-refractivity contribution >= 4 is 16.8 Å². The minimum absolute atomic E-state index is 0.110. The van der Waals surface area contributed by atoms with E-state index in [1.807, 2.05) is 43.4 Å². The van der Waals surface area contributed by atoms with E-state index in [-0.39, 0.29) is 11.7 Å². The second-order valence-corrected chi connectivity index (χ2v) is 6.03. The van der Waals surface area contributed by atoms with E-state index in [9.17, 15) is 9.18 Å². The molecule has 1 aromatic heterocycles. The highest BCUT2D eigenvalue weighted by molar-refractivity contribution is 5.83. The molecule has 0 bridgehead atoms. The number of amides is 1. The average Bonchev–Trinajstić information content (AvgIpc) is 3.02. The van der Waals surface area contributed by atoms with Crippen molar-refractivity contribution in [3.63, 3.8) is 0 Å². The highest BCUT2D eigenvalue weighted by Crippen LogP contribution is 2.19. The number of fused-ring (bicyclic) bond motifs is 1. The van der Waals surface area contributed by atoms with Gasteiger partial charge >= 0.3 is 0 Å². The zero-order valence-corrected chi connectivity index (χ0v) is 13.7. The second-order valence-electron chi connectivity index (χ2n) is 6.03. The molecule has 0 aliphatic heterocycles. The predicted octanol–water partition coefficient (Wildman–Crippen LogP) is 3.23. The number of hydrogen-bond donors (Lipinski definition) is 2. The van der Waals surface area contributed by atoms with Crippen LogP contribution in [0.5, 0.6) is 0 Å². The summed E-state index contributed by atoms with van der Waals surface area (Å²) in [4.78, 5) is 17.6. The molecule has 124 valence electrons. The van der Waals surface area contributed by atoms with Gasteiger partial charge in [0.15, 0.2) is 0 Å². The van der Waals surface area contributed by atoms with Crippen molar-refractivity contribution in [1.82, 2.24) is 15.2 Å². The lowest BCUT2D eigenvalue weighted by Crippen LogP contribution is -2.36. The zero-order valence-electron chi connectivity index (χ0n) is 13.7. The Labute approximate surface area is 140 Å². The maximum Gasteiger partial charge on any atom is 0.242 e. The molecule has 0 fully saturated rings. The van der Waals surface area contributed by atoms with Crippen molar-refractivity contribution in [3.8, 4) is 0 Å². The molecule has 0 radical (unpaired) electrons. The van der Waals surface area contributed by atoms with Gasteiger partial charge in [0.2, 0.25) is 5.91 Å². The van der Waals surface area contributed by atoms with Gasteiger partial charge in [0.25, 0.3) is 0 Å². The molecule has 2 N–H and O–H groups in total. The number of nitrogens with zero attached hydrogens (tertiary/aromatic N) is 1. The zero-order chi connectivity index (χ0) is 17.1. The molecular weight excluding hydrogens is 305 g/mol. The van der Waals surface area contributed by atoms with E-state index in [2.05, 4.69) is 16.4 Å². The number of aromatic nitrogens is 1. The van der Waals surface area contributed by atoms with Crippen LogP contribution >= 0.6 is 0 Å². The lowest BCUT2D eigenvalue weighted by atomic mass is 10.0. The Balaban J connectivity index is 1.72. The van der Waals surface area contributed by atoms with Crippen molar-refractivity contribution in [2.45, 2.75) is 12.6 Å². The van der Waals surface area contributed by atoms with Crippen LogP contribution in [0.3, 0.4) is 0 Å². The molecule has 4 nitrogen and oxygen atoms in total. The van der Waals surface area contributed by atoms with Crippen LogP contribution in [0.1, 0.15) is 17.2 Å². The van der Waals surface area contributed by atoms with Gasteiger partial charge in [-0.25, -0.2) is 4.39 Å². The molecule has 2 aromatic carbocycles. The summed E-state index contributed by atoms with van der Waals surface area (Å²) in [5.41, 5.74) is 2.87. The van der Waals surface area contributed by atoms with Crippen LogP contribution in [0, 0.1) is 5.82 Å². The number of hydrogen-bond acceptors (Lipinski definition) is 2. The minimum Gasteiger partial charge on any atom is -0.361 e. The van der Waals surface area contributed by atoms with Crippen LogP contribution in [0.2, 0.25) is 0 Å². The summed E-state index contributed by atoms with van der Waals surface area (Å²) in [6.07, 6.45) is 1.89. The summed E-state index contributed by atoms with van der Waals surface area (Å²) >= 11 is 0. The third-order valence-electron chi connectivity index (χ3n) is 4.03. The molecule has 1 amide bonds. The summed E-state index contributed by atoms with van der Waals surface area (Å²) in [6.45, 7) is 0.450. The first kappa shape index (κ1) is 16.2. The third kappa shape index (κ3) is 3.46. The van der Waals surface area contributed by atoms with Gasteiger partial charge in [-0.15, -0.1) is 0 Å². The molecule has 3 aromatic rings. The smallest absolute Gasteiger partial charge is 0.242 e.